The Balaban J connectivity index is 1.43. The summed E-state index contributed by atoms with van der Waals surface area (Å²) in [4.78, 5) is 118. The second-order valence-electron chi connectivity index (χ2n) is 21.2. The number of amides is 7. The minimum absolute atomic E-state index is 0.0256. The lowest BCUT2D eigenvalue weighted by Crippen LogP contribution is -2.60. The van der Waals surface area contributed by atoms with Crippen LogP contribution in [0.25, 0.3) is 0 Å². The molecule has 7 amide bonds. The standard InChI is InChI=1S/C54H84N6O13/c1-14-34(6)46(40(70-12)31-43(63)59-30-20-24-39(59)48(71-13)35(7)49(65)55-36(8)47(64)37-21-16-15-17-22-37)57(10)51(67)44(32(2)3)56-50(66)45(33(4)5)58(11)53(69)72-38-23-18-19-28-54(9,29-27-38)52(68)73-60-41(61)25-26-42(60)62/h15-18,21-23,32-36,38-40,44-48,64H,14,19-20,24-31H2,1-13H3,(H,55,65)(H,56,66)/b23-18+/t34-,35+,36+,38?,39-,40+,44?,45-,46-,47+,48+,54+/m0/s1. The van der Waals surface area contributed by atoms with Gasteiger partial charge < -0.3 is 44.6 Å². The summed E-state index contributed by atoms with van der Waals surface area (Å²) in [5.41, 5.74) is -0.403. The maximum atomic E-state index is 14.7. The molecule has 2 unspecified atom stereocenters. The lowest BCUT2D eigenvalue weighted by Gasteiger charge is -2.41. The molecule has 2 heterocycles. The number of imide groups is 1. The Morgan fingerprint density at radius 1 is 0.849 bits per heavy atom. The number of hydroxylamine groups is 2. The van der Waals surface area contributed by atoms with Crippen LogP contribution in [0.3, 0.4) is 0 Å². The minimum atomic E-state index is -1.08. The average Bonchev–Trinajstić information content (AvgIpc) is 3.97. The van der Waals surface area contributed by atoms with E-state index in [4.69, 9.17) is 19.0 Å². The van der Waals surface area contributed by atoms with Gasteiger partial charge in [0.2, 0.25) is 23.6 Å². The fourth-order valence-corrected chi connectivity index (χ4v) is 10.4. The zero-order valence-corrected chi connectivity index (χ0v) is 45.5. The molecule has 1 aromatic rings. The number of carbonyl (C=O) groups excluding carboxylic acids is 8. The first kappa shape index (κ1) is 60.2. The van der Waals surface area contributed by atoms with Crippen molar-refractivity contribution in [2.24, 2.45) is 29.1 Å². The van der Waals surface area contributed by atoms with Gasteiger partial charge in [0.1, 0.15) is 18.2 Å². The Morgan fingerprint density at radius 2 is 1.49 bits per heavy atom. The lowest BCUT2D eigenvalue weighted by atomic mass is 9.79. The molecule has 19 nitrogen and oxygen atoms in total. The number of carbonyl (C=O) groups is 8. The van der Waals surface area contributed by atoms with E-state index in [1.807, 2.05) is 45.9 Å². The largest absolute Gasteiger partial charge is 0.442 e. The van der Waals surface area contributed by atoms with Crippen molar-refractivity contribution in [2.75, 3.05) is 34.9 Å². The molecule has 3 N–H and O–H groups in total. The summed E-state index contributed by atoms with van der Waals surface area (Å²) < 4.78 is 17.9. The average molecular weight is 1030 g/mol. The van der Waals surface area contributed by atoms with Gasteiger partial charge in [0.25, 0.3) is 11.8 Å². The number of likely N-dealkylation sites (tertiary alicyclic amines) is 1. The number of nitrogens with one attached hydrogen (secondary N) is 2. The summed E-state index contributed by atoms with van der Waals surface area (Å²) in [5.74, 6) is -5.00. The van der Waals surface area contributed by atoms with Gasteiger partial charge in [-0.25, -0.2) is 9.59 Å². The van der Waals surface area contributed by atoms with Gasteiger partial charge in [0.05, 0.1) is 54.2 Å². The number of benzene rings is 1. The first-order chi connectivity index (χ1) is 34.4. The Kier molecular flexibility index (Phi) is 22.4. The van der Waals surface area contributed by atoms with E-state index in [0.717, 1.165) is 0 Å². The molecule has 2 saturated heterocycles. The quantitative estimate of drug-likeness (QED) is 0.0911. The maximum Gasteiger partial charge on any atom is 0.410 e. The van der Waals surface area contributed by atoms with Crippen LogP contribution in [0, 0.1) is 29.1 Å². The van der Waals surface area contributed by atoms with Crippen LogP contribution in [-0.4, -0.2) is 156 Å². The summed E-state index contributed by atoms with van der Waals surface area (Å²) in [5, 5.41) is 17.3. The van der Waals surface area contributed by atoms with Gasteiger partial charge in [-0.2, -0.15) is 0 Å². The van der Waals surface area contributed by atoms with Crippen LogP contribution in [0.4, 0.5) is 4.79 Å². The van der Waals surface area contributed by atoms with Crippen LogP contribution in [0.15, 0.2) is 42.5 Å². The van der Waals surface area contributed by atoms with Crippen molar-refractivity contribution in [1.29, 1.82) is 0 Å². The van der Waals surface area contributed by atoms with Gasteiger partial charge in [0.15, 0.2) is 0 Å². The summed E-state index contributed by atoms with van der Waals surface area (Å²) in [6.07, 6.45) is 2.71. The second-order valence-corrected chi connectivity index (χ2v) is 21.2. The number of hydrogen-bond donors (Lipinski definition) is 3. The SMILES string of the molecule is CC[C@H](C)[C@@H]([C@@H](CC(=O)N1CCC[C@H]1[C@H](OC)[C@@H](C)C(=O)N[C@H](C)[C@@H](O)c1ccccc1)OC)N(C)C(=O)C(NC(=O)[C@H](C(C)C)N(C)C(=O)OC1/C=C/CC[C@@](C)(C(=O)ON2C(=O)CCC2=O)CC1)C(C)C. The number of allylic oxidation sites excluding steroid dienone is 1. The van der Waals surface area contributed by atoms with Crippen molar-refractivity contribution >= 4 is 47.5 Å². The summed E-state index contributed by atoms with van der Waals surface area (Å²) >= 11 is 0. The predicted octanol–water partition coefficient (Wildman–Crippen LogP) is 5.49. The molecule has 408 valence electrons. The molecule has 4 rings (SSSR count). The van der Waals surface area contributed by atoms with Crippen LogP contribution < -0.4 is 10.6 Å². The summed E-state index contributed by atoms with van der Waals surface area (Å²) in [6, 6.07) is 5.39. The van der Waals surface area contributed by atoms with Gasteiger partial charge in [-0.3, -0.25) is 33.7 Å². The number of methoxy groups -OCH3 is 2. The molecule has 73 heavy (non-hydrogen) atoms. The van der Waals surface area contributed by atoms with Crippen molar-refractivity contribution in [3.05, 3.63) is 48.0 Å². The van der Waals surface area contributed by atoms with E-state index < -0.39 is 113 Å². The van der Waals surface area contributed by atoms with Gasteiger partial charge in [0, 0.05) is 47.7 Å². The topological polar surface area (TPSA) is 231 Å². The molecule has 2 fully saturated rings. The molecule has 12 atom stereocenters. The van der Waals surface area contributed by atoms with E-state index in [9.17, 15) is 43.5 Å². The van der Waals surface area contributed by atoms with Crippen LogP contribution in [0.2, 0.25) is 0 Å². The highest BCUT2D eigenvalue weighted by Gasteiger charge is 2.45. The smallest absolute Gasteiger partial charge is 0.410 e. The molecule has 19 heteroatoms. The third-order valence-corrected chi connectivity index (χ3v) is 15.2. The van der Waals surface area contributed by atoms with E-state index in [1.165, 1.54) is 26.2 Å². The molecule has 3 aliphatic rings. The minimum Gasteiger partial charge on any atom is -0.442 e. The number of aliphatic hydroxyl groups excluding tert-OH is 1. The summed E-state index contributed by atoms with van der Waals surface area (Å²) in [7, 11) is 6.13. The first-order valence-electron chi connectivity index (χ1n) is 26.1. The monoisotopic (exact) mass is 1020 g/mol. The van der Waals surface area contributed by atoms with E-state index in [-0.39, 0.29) is 49.8 Å². The molecule has 0 spiro atoms. The number of aliphatic hydroxyl groups is 1. The van der Waals surface area contributed by atoms with Crippen molar-refractivity contribution in [3.8, 4) is 0 Å². The Labute approximate surface area is 432 Å². The van der Waals surface area contributed by atoms with Crippen LogP contribution in [-0.2, 0) is 52.6 Å². The number of hydrogen-bond acceptors (Lipinski definition) is 13. The van der Waals surface area contributed by atoms with Crippen molar-refractivity contribution in [2.45, 2.75) is 181 Å². The fraction of sp³-hybridized carbons (Fsp3) is 0.704. The predicted molar refractivity (Wildman–Crippen MR) is 271 cm³/mol. The van der Waals surface area contributed by atoms with Gasteiger partial charge >= 0.3 is 12.1 Å². The van der Waals surface area contributed by atoms with E-state index in [0.29, 0.717) is 49.3 Å². The van der Waals surface area contributed by atoms with Crippen molar-refractivity contribution in [1.82, 2.24) is 30.4 Å². The van der Waals surface area contributed by atoms with Crippen LogP contribution in [0.1, 0.15) is 138 Å². The zero-order valence-electron chi connectivity index (χ0n) is 45.5. The highest BCUT2D eigenvalue weighted by molar-refractivity contribution is 6.01. The molecule has 0 saturated carbocycles. The maximum absolute atomic E-state index is 14.7. The molecule has 0 bridgehead atoms. The summed E-state index contributed by atoms with van der Waals surface area (Å²) in [6.45, 7) is 16.8. The second kappa shape index (κ2) is 27.2. The normalized spacial score (nSPS) is 23.5. The van der Waals surface area contributed by atoms with Crippen LogP contribution in [0.5, 0.6) is 0 Å². The Morgan fingerprint density at radius 3 is 2.07 bits per heavy atom. The molecular formula is C54H84N6O13. The van der Waals surface area contributed by atoms with Gasteiger partial charge in [-0.1, -0.05) is 91.3 Å². The lowest BCUT2D eigenvalue weighted by molar-refractivity contribution is -0.205. The van der Waals surface area contributed by atoms with Gasteiger partial charge in [-0.15, -0.1) is 5.06 Å². The van der Waals surface area contributed by atoms with Crippen molar-refractivity contribution < 1.29 is 62.5 Å². The molecular weight excluding hydrogens is 941 g/mol. The molecule has 1 aliphatic carbocycles. The van der Waals surface area contributed by atoms with E-state index >= 15 is 0 Å². The number of ether oxygens (including phenoxy) is 3. The van der Waals surface area contributed by atoms with Crippen LogP contribution >= 0.6 is 0 Å². The first-order valence-corrected chi connectivity index (χ1v) is 26.1. The molecule has 2 aliphatic heterocycles. The Hall–Kier alpha value is -5.40. The third kappa shape index (κ3) is 15.1. The van der Waals surface area contributed by atoms with Crippen molar-refractivity contribution in [3.63, 3.8) is 0 Å². The number of likely N-dealkylation sites (N-methyl/N-ethyl adjacent to an activating group) is 2. The third-order valence-electron chi connectivity index (χ3n) is 15.2. The number of rotatable bonds is 23. The molecule has 1 aromatic carbocycles. The number of nitrogens with zero attached hydrogens (tertiary/aromatic N) is 4. The van der Waals surface area contributed by atoms with E-state index in [1.54, 1.807) is 75.8 Å². The highest BCUT2D eigenvalue weighted by Crippen LogP contribution is 2.36. The zero-order chi connectivity index (χ0) is 54.5. The van der Waals surface area contributed by atoms with E-state index in [2.05, 4.69) is 10.6 Å². The molecule has 0 aromatic heterocycles. The molecule has 0 radical (unpaired) electrons. The van der Waals surface area contributed by atoms with Gasteiger partial charge in [-0.05, 0) is 81.8 Å². The highest BCUT2D eigenvalue weighted by atomic mass is 16.7. The fourth-order valence-electron chi connectivity index (χ4n) is 10.4. The Bertz CT molecular complexity index is 2090.